The molecule has 1 aliphatic rings. The number of fused-ring (bicyclic) bond motifs is 1. The van der Waals surface area contributed by atoms with Gasteiger partial charge in [-0.1, -0.05) is 50.3 Å². The summed E-state index contributed by atoms with van der Waals surface area (Å²) in [5, 5.41) is 2.83. The van der Waals surface area contributed by atoms with Crippen LogP contribution in [0.2, 0.25) is 0 Å². The minimum absolute atomic E-state index is 0.334. The monoisotopic (exact) mass is 285 g/mol. The number of hydrogen-bond acceptors (Lipinski definition) is 2. The molecule has 3 heteroatoms. The van der Waals surface area contributed by atoms with Gasteiger partial charge in [0.25, 0.3) is 0 Å². The van der Waals surface area contributed by atoms with Crippen molar-refractivity contribution in [2.75, 3.05) is 13.2 Å². The van der Waals surface area contributed by atoms with E-state index in [0.29, 0.717) is 13.2 Å². The van der Waals surface area contributed by atoms with Gasteiger partial charge in [-0.3, -0.25) is 0 Å². The largest absolute Gasteiger partial charge is 0.450 e. The van der Waals surface area contributed by atoms with Gasteiger partial charge in [-0.05, 0) is 41.5 Å². The van der Waals surface area contributed by atoms with Crippen molar-refractivity contribution >= 4 is 17.7 Å². The van der Waals surface area contributed by atoms with Gasteiger partial charge >= 0.3 is 6.09 Å². The number of nitrogens with one attached hydrogen (secondary N) is 1. The van der Waals surface area contributed by atoms with Crippen LogP contribution in [0.25, 0.3) is 11.6 Å². The van der Waals surface area contributed by atoms with E-state index < -0.39 is 0 Å². The highest BCUT2D eigenvalue weighted by atomic mass is 16.5. The predicted molar refractivity (Wildman–Crippen MR) is 87.1 cm³/mol. The molecule has 2 rings (SSSR count). The molecule has 0 heterocycles. The Kier molecular flexibility index (Phi) is 5.61. The van der Waals surface area contributed by atoms with Gasteiger partial charge in [-0.15, -0.1) is 0 Å². The van der Waals surface area contributed by atoms with Gasteiger partial charge in [0.05, 0.1) is 6.61 Å². The molecule has 0 atom stereocenters. The Morgan fingerprint density at radius 1 is 1.48 bits per heavy atom. The number of alkyl carbamates (subject to hydrolysis) is 1. The summed E-state index contributed by atoms with van der Waals surface area (Å²) in [6.45, 7) is 6.88. The van der Waals surface area contributed by atoms with E-state index in [-0.39, 0.29) is 6.09 Å². The number of amides is 1. The molecule has 0 unspecified atom stereocenters. The van der Waals surface area contributed by atoms with Crippen molar-refractivity contribution < 1.29 is 9.53 Å². The van der Waals surface area contributed by atoms with Crippen molar-refractivity contribution in [1.29, 1.82) is 0 Å². The molecule has 1 aromatic carbocycles. The molecule has 0 bridgehead atoms. The molecule has 1 amide bonds. The number of unbranched alkanes of at least 4 members (excludes halogenated alkanes) is 1. The number of hydrogen-bond donors (Lipinski definition) is 1. The maximum atomic E-state index is 11.6. The maximum Gasteiger partial charge on any atom is 0.407 e. The highest BCUT2D eigenvalue weighted by Gasteiger charge is 2.13. The molecule has 0 spiro atoms. The molecule has 0 radical (unpaired) electrons. The minimum Gasteiger partial charge on any atom is -0.450 e. The molecule has 1 N–H and O–H groups in total. The summed E-state index contributed by atoms with van der Waals surface area (Å²) in [6.07, 6.45) is 7.71. The number of ether oxygens (including phenoxy) is 1. The van der Waals surface area contributed by atoms with E-state index in [2.05, 4.69) is 43.1 Å². The number of benzene rings is 1. The smallest absolute Gasteiger partial charge is 0.407 e. The first kappa shape index (κ1) is 15.4. The second-order valence-electron chi connectivity index (χ2n) is 5.23. The maximum absolute atomic E-state index is 11.6. The van der Waals surface area contributed by atoms with Gasteiger partial charge < -0.3 is 10.1 Å². The summed E-state index contributed by atoms with van der Waals surface area (Å²) in [7, 11) is 0. The van der Waals surface area contributed by atoms with Crippen LogP contribution in [0.1, 0.15) is 42.9 Å². The lowest BCUT2D eigenvalue weighted by molar-refractivity contribution is 0.146. The number of allylic oxidation sites excluding steroid dienone is 1. The Morgan fingerprint density at radius 3 is 3.10 bits per heavy atom. The zero-order chi connectivity index (χ0) is 15.1. The van der Waals surface area contributed by atoms with Gasteiger partial charge in [0.2, 0.25) is 0 Å². The summed E-state index contributed by atoms with van der Waals surface area (Å²) < 4.78 is 5.11. The zero-order valence-electron chi connectivity index (χ0n) is 12.7. The minimum atomic E-state index is -0.334. The topological polar surface area (TPSA) is 38.3 Å². The van der Waals surface area contributed by atoms with Gasteiger partial charge in [0.15, 0.2) is 0 Å². The Morgan fingerprint density at radius 2 is 2.33 bits per heavy atom. The highest BCUT2D eigenvalue weighted by molar-refractivity contribution is 5.76. The molecule has 21 heavy (non-hydrogen) atoms. The van der Waals surface area contributed by atoms with Gasteiger partial charge in [0, 0.05) is 6.54 Å². The Hall–Kier alpha value is -2.03. The second-order valence-corrected chi connectivity index (χ2v) is 5.23. The van der Waals surface area contributed by atoms with Crippen LogP contribution in [-0.2, 0) is 11.2 Å². The third-order valence-corrected chi connectivity index (χ3v) is 3.67. The summed E-state index contributed by atoms with van der Waals surface area (Å²) in [5.74, 6) is 0. The van der Waals surface area contributed by atoms with Crippen LogP contribution in [0.5, 0.6) is 0 Å². The first-order chi connectivity index (χ1) is 10.2. The fraction of sp³-hybridized carbons (Fsp3) is 0.389. The summed E-state index contributed by atoms with van der Waals surface area (Å²) >= 11 is 0. The first-order valence-electron chi connectivity index (χ1n) is 7.60. The van der Waals surface area contributed by atoms with E-state index in [4.69, 9.17) is 4.74 Å². The highest BCUT2D eigenvalue weighted by Crippen LogP contribution is 2.27. The van der Waals surface area contributed by atoms with E-state index >= 15 is 0 Å². The fourth-order valence-electron chi connectivity index (χ4n) is 2.47. The van der Waals surface area contributed by atoms with Crippen molar-refractivity contribution in [2.24, 2.45) is 0 Å². The quantitative estimate of drug-likeness (QED) is 0.796. The normalized spacial score (nSPS) is 13.1. The van der Waals surface area contributed by atoms with Crippen LogP contribution in [0, 0.1) is 0 Å². The summed E-state index contributed by atoms with van der Waals surface area (Å²) in [4.78, 5) is 11.6. The van der Waals surface area contributed by atoms with Gasteiger partial charge in [-0.2, -0.15) is 0 Å². The van der Waals surface area contributed by atoms with E-state index in [9.17, 15) is 4.79 Å². The molecular formula is C18H23NO2. The van der Waals surface area contributed by atoms with E-state index in [0.717, 1.165) is 31.2 Å². The first-order valence-corrected chi connectivity index (χ1v) is 7.60. The third kappa shape index (κ3) is 4.22. The van der Waals surface area contributed by atoms with Crippen LogP contribution in [0.15, 0.2) is 30.9 Å². The molecular weight excluding hydrogens is 262 g/mol. The van der Waals surface area contributed by atoms with Crippen molar-refractivity contribution in [3.05, 3.63) is 47.5 Å². The molecule has 0 aromatic heterocycles. The van der Waals surface area contributed by atoms with Crippen molar-refractivity contribution in [1.82, 2.24) is 5.32 Å². The standard InChI is InChI=1S/C18H23NO2/c1-3-5-11-21-18(20)19-13-16-8-6-7-15-12-14(4-2)9-10-17(15)16/h4,8-10,12H,2-3,5-7,11,13H2,1H3,(H,19,20). The SMILES string of the molecule is C=Cc1ccc2c(c1)CCC=C2CNC(=O)OCCCC. The van der Waals surface area contributed by atoms with E-state index in [1.165, 1.54) is 16.7 Å². The molecule has 0 fully saturated rings. The number of rotatable bonds is 6. The summed E-state index contributed by atoms with van der Waals surface area (Å²) in [6, 6.07) is 6.35. The van der Waals surface area contributed by atoms with Crippen LogP contribution < -0.4 is 5.32 Å². The lowest BCUT2D eigenvalue weighted by Crippen LogP contribution is -2.27. The van der Waals surface area contributed by atoms with E-state index in [1.54, 1.807) is 0 Å². The molecule has 0 saturated heterocycles. The van der Waals surface area contributed by atoms with E-state index in [1.807, 2.05) is 6.08 Å². The number of carbonyl (C=O) groups is 1. The van der Waals surface area contributed by atoms with Crippen LogP contribution in [0.4, 0.5) is 4.79 Å². The van der Waals surface area contributed by atoms with Crippen molar-refractivity contribution in [2.45, 2.75) is 32.6 Å². The fourth-order valence-corrected chi connectivity index (χ4v) is 2.47. The Balaban J connectivity index is 1.95. The molecule has 112 valence electrons. The molecule has 0 aliphatic heterocycles. The van der Waals surface area contributed by atoms with Gasteiger partial charge in [0.1, 0.15) is 0 Å². The van der Waals surface area contributed by atoms with Crippen LogP contribution >= 0.6 is 0 Å². The second kappa shape index (κ2) is 7.67. The number of aryl methyl sites for hydroxylation is 1. The molecule has 1 aromatic rings. The average Bonchev–Trinajstić information content (AvgIpc) is 2.52. The zero-order valence-corrected chi connectivity index (χ0v) is 12.7. The molecule has 1 aliphatic carbocycles. The average molecular weight is 285 g/mol. The molecule has 3 nitrogen and oxygen atoms in total. The van der Waals surface area contributed by atoms with Crippen LogP contribution in [0.3, 0.4) is 0 Å². The van der Waals surface area contributed by atoms with Gasteiger partial charge in [-0.25, -0.2) is 4.79 Å². The Bertz CT molecular complexity index is 546. The third-order valence-electron chi connectivity index (χ3n) is 3.67. The lowest BCUT2D eigenvalue weighted by atomic mass is 9.89. The van der Waals surface area contributed by atoms with Crippen molar-refractivity contribution in [3.8, 4) is 0 Å². The van der Waals surface area contributed by atoms with Crippen molar-refractivity contribution in [3.63, 3.8) is 0 Å². The predicted octanol–water partition coefficient (Wildman–Crippen LogP) is 4.19. The lowest BCUT2D eigenvalue weighted by Gasteiger charge is -2.19. The Labute approximate surface area is 126 Å². The summed E-state index contributed by atoms with van der Waals surface area (Å²) in [5.41, 5.74) is 4.85. The number of carbonyl (C=O) groups excluding carboxylic acids is 1. The molecule has 0 saturated carbocycles. The van der Waals surface area contributed by atoms with Crippen LogP contribution in [-0.4, -0.2) is 19.2 Å².